The van der Waals surface area contributed by atoms with E-state index in [1.54, 1.807) is 26.8 Å². The van der Waals surface area contributed by atoms with Crippen LogP contribution in [0.1, 0.15) is 46.1 Å². The summed E-state index contributed by atoms with van der Waals surface area (Å²) in [5, 5.41) is 12.9. The van der Waals surface area contributed by atoms with Gasteiger partial charge in [0.25, 0.3) is 0 Å². The summed E-state index contributed by atoms with van der Waals surface area (Å²) in [6, 6.07) is 5.60. The number of benzene rings is 1. The lowest BCUT2D eigenvalue weighted by molar-refractivity contribution is -0.0527. The molecule has 0 amide bonds. The summed E-state index contributed by atoms with van der Waals surface area (Å²) < 4.78 is 16.9. The predicted molar refractivity (Wildman–Crippen MR) is 128 cm³/mol. The molecule has 2 aliphatic rings. The van der Waals surface area contributed by atoms with Crippen molar-refractivity contribution in [2.24, 2.45) is 15.0 Å². The Bertz CT molecular complexity index is 799. The Labute approximate surface area is 191 Å². The number of rotatable bonds is 6. The monoisotopic (exact) mass is 447 g/mol. The molecule has 3 rings (SSSR count). The lowest BCUT2D eigenvalue weighted by Gasteiger charge is -2.35. The van der Waals surface area contributed by atoms with Crippen LogP contribution in [0, 0.1) is 0 Å². The molecular weight excluding hydrogens is 410 g/mol. The van der Waals surface area contributed by atoms with Gasteiger partial charge in [-0.05, 0) is 44.9 Å². The first-order chi connectivity index (χ1) is 15.5. The van der Waals surface area contributed by atoms with Gasteiger partial charge in [0.2, 0.25) is 0 Å². The van der Waals surface area contributed by atoms with Crippen LogP contribution in [0.4, 0.5) is 0 Å². The summed E-state index contributed by atoms with van der Waals surface area (Å²) in [7, 11) is 3.27. The van der Waals surface area contributed by atoms with Crippen molar-refractivity contribution in [1.82, 2.24) is 10.2 Å². The van der Waals surface area contributed by atoms with Crippen LogP contribution >= 0.6 is 0 Å². The summed E-state index contributed by atoms with van der Waals surface area (Å²) in [6.07, 6.45) is 4.26. The van der Waals surface area contributed by atoms with E-state index in [2.05, 4.69) is 15.3 Å². The van der Waals surface area contributed by atoms with E-state index in [9.17, 15) is 5.11 Å². The molecule has 178 valence electrons. The van der Waals surface area contributed by atoms with Crippen LogP contribution in [-0.2, 0) is 11.3 Å². The first kappa shape index (κ1) is 25.6. The quantitative estimate of drug-likeness (QED) is 0.696. The molecule has 0 aromatic heterocycles. The lowest BCUT2D eigenvalue weighted by Crippen LogP contribution is -2.53. The maximum absolute atomic E-state index is 9.50. The third kappa shape index (κ3) is 6.67. The Balaban J connectivity index is 0.00000176. The second-order valence-corrected chi connectivity index (χ2v) is 7.33. The number of methoxy groups -OCH3 is 2. The van der Waals surface area contributed by atoms with E-state index in [4.69, 9.17) is 19.2 Å². The van der Waals surface area contributed by atoms with Crippen LogP contribution in [0.3, 0.4) is 0 Å². The van der Waals surface area contributed by atoms with Crippen molar-refractivity contribution in [3.8, 4) is 11.5 Å². The van der Waals surface area contributed by atoms with Crippen LogP contribution in [0.25, 0.3) is 0 Å². The van der Waals surface area contributed by atoms with Crippen LogP contribution in [0.15, 0.2) is 33.2 Å². The van der Waals surface area contributed by atoms with Gasteiger partial charge in [-0.25, -0.2) is 15.0 Å². The molecule has 0 spiro atoms. The number of guanidine groups is 1. The number of aliphatic hydroxyl groups excluding tert-OH is 1. The van der Waals surface area contributed by atoms with Crippen molar-refractivity contribution in [3.05, 3.63) is 23.8 Å². The van der Waals surface area contributed by atoms with Gasteiger partial charge >= 0.3 is 0 Å². The highest BCUT2D eigenvalue weighted by Gasteiger charge is 2.34. The van der Waals surface area contributed by atoms with Gasteiger partial charge in [-0.15, -0.1) is 0 Å². The molecular formula is C23H37N5O4. The summed E-state index contributed by atoms with van der Waals surface area (Å²) in [6.45, 7) is 8.36. The van der Waals surface area contributed by atoms with Gasteiger partial charge in [0.05, 0.1) is 39.5 Å². The Hall–Kier alpha value is -2.65. The molecule has 32 heavy (non-hydrogen) atoms. The van der Waals surface area contributed by atoms with Gasteiger partial charge in [-0.3, -0.25) is 4.90 Å². The minimum Gasteiger partial charge on any atom is -0.497 e. The zero-order valence-corrected chi connectivity index (χ0v) is 20.0. The summed E-state index contributed by atoms with van der Waals surface area (Å²) >= 11 is 0. The van der Waals surface area contributed by atoms with Crippen molar-refractivity contribution < 1.29 is 19.3 Å². The van der Waals surface area contributed by atoms with E-state index in [0.29, 0.717) is 12.5 Å². The van der Waals surface area contributed by atoms with E-state index >= 15 is 0 Å². The Morgan fingerprint density at radius 3 is 2.66 bits per heavy atom. The number of hydrogen-bond donors (Lipinski definition) is 2. The molecule has 2 heterocycles. The molecule has 2 N–H and O–H groups in total. The predicted octanol–water partition coefficient (Wildman–Crippen LogP) is 2.82. The molecule has 4 unspecified atom stereocenters. The fraction of sp³-hybridized carbons (Fsp3) is 0.609. The van der Waals surface area contributed by atoms with Gasteiger partial charge in [0.15, 0.2) is 5.96 Å². The number of hydrogen-bond acceptors (Lipinski definition) is 7. The molecule has 0 aliphatic carbocycles. The van der Waals surface area contributed by atoms with Crippen LogP contribution in [0.2, 0.25) is 0 Å². The van der Waals surface area contributed by atoms with Crippen molar-refractivity contribution >= 4 is 18.5 Å². The molecule has 9 nitrogen and oxygen atoms in total. The number of nitrogens with one attached hydrogen (secondary N) is 1. The molecule has 4 atom stereocenters. The third-order valence-corrected chi connectivity index (χ3v) is 5.15. The molecule has 9 heteroatoms. The van der Waals surface area contributed by atoms with Crippen molar-refractivity contribution in [3.63, 3.8) is 0 Å². The fourth-order valence-electron chi connectivity index (χ4n) is 3.56. The maximum Gasteiger partial charge on any atom is 0.198 e. The minimum absolute atomic E-state index is 0.00240. The van der Waals surface area contributed by atoms with Crippen molar-refractivity contribution in [2.45, 2.75) is 71.6 Å². The highest BCUT2D eigenvalue weighted by Crippen LogP contribution is 2.27. The van der Waals surface area contributed by atoms with E-state index in [1.165, 1.54) is 0 Å². The average molecular weight is 448 g/mol. The van der Waals surface area contributed by atoms with E-state index < -0.39 is 0 Å². The topological polar surface area (TPSA) is 100 Å². The van der Waals surface area contributed by atoms with Gasteiger partial charge < -0.3 is 24.6 Å². The Morgan fingerprint density at radius 1 is 1.22 bits per heavy atom. The van der Waals surface area contributed by atoms with Gasteiger partial charge in [-0.1, -0.05) is 13.8 Å². The SMILES string of the molecule is CC.COc1ccc(OC)c(CN=C2NC(C)C=N/C=N\C(C)N2C2CCC(CO)O2)c1. The number of aliphatic hydroxyl groups is 1. The molecule has 1 aromatic rings. The van der Waals surface area contributed by atoms with Crippen LogP contribution in [0.5, 0.6) is 11.5 Å². The van der Waals surface area contributed by atoms with Gasteiger partial charge in [0, 0.05) is 11.8 Å². The molecule has 1 fully saturated rings. The first-order valence-electron chi connectivity index (χ1n) is 11.2. The zero-order valence-electron chi connectivity index (χ0n) is 20.0. The average Bonchev–Trinajstić information content (AvgIpc) is 3.31. The normalized spacial score (nSPS) is 27.5. The molecule has 1 aromatic carbocycles. The molecule has 0 bridgehead atoms. The standard InChI is InChI=1S/C21H31N5O4.C2H6/c1-14-10-22-13-24-15(2)26(20-8-6-18(12-27)30-20)21(25-14)23-11-16-9-17(28-3)5-7-19(16)29-4;1-2/h5,7,9-10,13-15,18,20,27H,6,8,11-12H2,1-4H3,(H,23,25);1-2H3/b22-10?,24-13-;. The Morgan fingerprint density at radius 2 is 2.00 bits per heavy atom. The van der Waals surface area contributed by atoms with Gasteiger partial charge in [-0.2, -0.15) is 0 Å². The van der Waals surface area contributed by atoms with Crippen LogP contribution < -0.4 is 14.8 Å². The fourth-order valence-corrected chi connectivity index (χ4v) is 3.56. The molecule has 1 saturated heterocycles. The van der Waals surface area contributed by atoms with E-state index in [0.717, 1.165) is 29.9 Å². The van der Waals surface area contributed by atoms with Crippen LogP contribution in [-0.4, -0.2) is 73.9 Å². The first-order valence-corrected chi connectivity index (χ1v) is 11.2. The minimum atomic E-state index is -0.242. The van der Waals surface area contributed by atoms with Crippen molar-refractivity contribution in [1.29, 1.82) is 0 Å². The van der Waals surface area contributed by atoms with E-state index in [1.807, 2.05) is 50.8 Å². The molecule has 2 aliphatic heterocycles. The summed E-state index contributed by atoms with van der Waals surface area (Å²) in [5.41, 5.74) is 0.907. The molecule has 0 saturated carbocycles. The number of ether oxygens (including phenoxy) is 3. The smallest absolute Gasteiger partial charge is 0.198 e. The largest absolute Gasteiger partial charge is 0.497 e. The maximum atomic E-state index is 9.50. The highest BCUT2D eigenvalue weighted by molar-refractivity contribution is 5.86. The number of nitrogens with zero attached hydrogens (tertiary/aromatic N) is 4. The van der Waals surface area contributed by atoms with Crippen molar-refractivity contribution in [2.75, 3.05) is 20.8 Å². The summed E-state index contributed by atoms with van der Waals surface area (Å²) in [4.78, 5) is 15.6. The summed E-state index contributed by atoms with van der Waals surface area (Å²) in [5.74, 6) is 2.15. The van der Waals surface area contributed by atoms with E-state index in [-0.39, 0.29) is 31.1 Å². The zero-order chi connectivity index (χ0) is 23.5. The Kier molecular flexibility index (Phi) is 10.4. The second-order valence-electron chi connectivity index (χ2n) is 7.33. The highest BCUT2D eigenvalue weighted by atomic mass is 16.5. The third-order valence-electron chi connectivity index (χ3n) is 5.15. The second kappa shape index (κ2) is 13.0. The van der Waals surface area contributed by atoms with Gasteiger partial charge in [0.1, 0.15) is 30.2 Å². The number of aliphatic imine (C=N–C) groups is 3. The lowest BCUT2D eigenvalue weighted by atomic mass is 10.2. The molecule has 0 radical (unpaired) electrons.